The third-order valence-corrected chi connectivity index (χ3v) is 7.54. The van der Waals surface area contributed by atoms with Crippen LogP contribution < -0.4 is 9.80 Å². The monoisotopic (exact) mass is 405 g/mol. The fourth-order valence-corrected chi connectivity index (χ4v) is 5.45. The molecular formula is C18H27N7O2S. The number of sulfonamides is 1. The van der Waals surface area contributed by atoms with Crippen LogP contribution in [0.15, 0.2) is 29.7 Å². The number of hydrogen-bond donors (Lipinski definition) is 0. The summed E-state index contributed by atoms with van der Waals surface area (Å²) in [7, 11) is -1.88. The first-order valence-electron chi connectivity index (χ1n) is 9.79. The zero-order valence-electron chi connectivity index (χ0n) is 16.4. The lowest BCUT2D eigenvalue weighted by Gasteiger charge is -2.35. The van der Waals surface area contributed by atoms with Crippen LogP contribution in [0, 0.1) is 0 Å². The highest BCUT2D eigenvalue weighted by Crippen LogP contribution is 2.24. The molecule has 0 spiro atoms. The van der Waals surface area contributed by atoms with E-state index in [0.29, 0.717) is 32.2 Å². The fraction of sp³-hybridized carbons (Fsp3) is 0.611. The summed E-state index contributed by atoms with van der Waals surface area (Å²) in [6, 6.07) is 4.52. The summed E-state index contributed by atoms with van der Waals surface area (Å²) >= 11 is 0. The molecule has 1 atom stereocenters. The second kappa shape index (κ2) is 7.67. The lowest BCUT2D eigenvalue weighted by molar-refractivity contribution is 0.378. The van der Waals surface area contributed by atoms with Crippen LogP contribution in [0.2, 0.25) is 0 Å². The average molecular weight is 406 g/mol. The van der Waals surface area contributed by atoms with Crippen LogP contribution in [0.1, 0.15) is 26.2 Å². The van der Waals surface area contributed by atoms with Crippen molar-refractivity contribution in [3.8, 4) is 0 Å². The van der Waals surface area contributed by atoms with Gasteiger partial charge in [0.25, 0.3) is 10.0 Å². The first-order chi connectivity index (χ1) is 13.5. The highest BCUT2D eigenvalue weighted by Gasteiger charge is 2.31. The van der Waals surface area contributed by atoms with E-state index in [-0.39, 0.29) is 5.16 Å². The molecule has 2 aromatic heterocycles. The maximum absolute atomic E-state index is 12.8. The van der Waals surface area contributed by atoms with Gasteiger partial charge in [0.2, 0.25) is 5.16 Å². The summed E-state index contributed by atoms with van der Waals surface area (Å²) in [5.74, 6) is 1.72. The number of imidazole rings is 1. The van der Waals surface area contributed by atoms with Gasteiger partial charge in [-0.3, -0.25) is 0 Å². The molecule has 0 aliphatic carbocycles. The Morgan fingerprint density at radius 3 is 2.32 bits per heavy atom. The Hall–Kier alpha value is -2.20. The van der Waals surface area contributed by atoms with Gasteiger partial charge in [0.15, 0.2) is 11.6 Å². The fourth-order valence-electron chi connectivity index (χ4n) is 3.95. The molecule has 2 aliphatic heterocycles. The van der Waals surface area contributed by atoms with E-state index < -0.39 is 10.0 Å². The van der Waals surface area contributed by atoms with Gasteiger partial charge in [0.05, 0.1) is 0 Å². The Kier molecular flexibility index (Phi) is 5.24. The first kappa shape index (κ1) is 19.1. The van der Waals surface area contributed by atoms with Crippen LogP contribution in [0.5, 0.6) is 0 Å². The minimum absolute atomic E-state index is 0.0840. The number of aromatic nitrogens is 4. The second-order valence-electron chi connectivity index (χ2n) is 7.50. The van der Waals surface area contributed by atoms with Gasteiger partial charge in [-0.15, -0.1) is 10.2 Å². The van der Waals surface area contributed by atoms with Crippen molar-refractivity contribution < 1.29 is 8.42 Å². The van der Waals surface area contributed by atoms with E-state index in [9.17, 15) is 8.42 Å². The third kappa shape index (κ3) is 3.58. The lowest BCUT2D eigenvalue weighted by atomic mass is 10.0. The molecule has 0 bridgehead atoms. The van der Waals surface area contributed by atoms with E-state index >= 15 is 0 Å². The summed E-state index contributed by atoms with van der Waals surface area (Å²) in [6.07, 6.45) is 6.80. The molecule has 0 saturated carbocycles. The number of nitrogens with zero attached hydrogens (tertiary/aromatic N) is 7. The van der Waals surface area contributed by atoms with Crippen LogP contribution in [0.25, 0.3) is 0 Å². The Bertz CT molecular complexity index is 904. The molecule has 0 amide bonds. The molecule has 2 fully saturated rings. The maximum atomic E-state index is 12.8. The first-order valence-corrected chi connectivity index (χ1v) is 11.2. The van der Waals surface area contributed by atoms with Crippen LogP contribution in [-0.2, 0) is 17.1 Å². The second-order valence-corrected chi connectivity index (χ2v) is 9.33. The lowest BCUT2D eigenvalue weighted by Crippen LogP contribution is -2.49. The zero-order valence-corrected chi connectivity index (χ0v) is 17.2. The smallest absolute Gasteiger partial charge is 0.277 e. The van der Waals surface area contributed by atoms with E-state index in [0.717, 1.165) is 18.2 Å². The topological polar surface area (TPSA) is 87.5 Å². The van der Waals surface area contributed by atoms with Gasteiger partial charge in [-0.2, -0.15) is 4.31 Å². The molecule has 28 heavy (non-hydrogen) atoms. The van der Waals surface area contributed by atoms with Crippen molar-refractivity contribution >= 4 is 21.7 Å². The zero-order chi connectivity index (χ0) is 19.7. The molecule has 0 N–H and O–H groups in total. The minimum atomic E-state index is -3.57. The molecule has 2 aromatic rings. The summed E-state index contributed by atoms with van der Waals surface area (Å²) < 4.78 is 28.5. The minimum Gasteiger partial charge on any atom is -0.352 e. The van der Waals surface area contributed by atoms with Crippen LogP contribution in [0.4, 0.5) is 11.6 Å². The van der Waals surface area contributed by atoms with Crippen molar-refractivity contribution in [1.82, 2.24) is 24.1 Å². The quantitative estimate of drug-likeness (QED) is 0.753. The highest BCUT2D eigenvalue weighted by atomic mass is 32.2. The van der Waals surface area contributed by atoms with Gasteiger partial charge in [0.1, 0.15) is 0 Å². The number of aryl methyl sites for hydroxylation is 1. The third-order valence-electron chi connectivity index (χ3n) is 5.64. The van der Waals surface area contributed by atoms with Gasteiger partial charge in [-0.25, -0.2) is 13.4 Å². The maximum Gasteiger partial charge on any atom is 0.277 e. The molecule has 4 heterocycles. The van der Waals surface area contributed by atoms with Gasteiger partial charge in [-0.05, 0) is 38.3 Å². The van der Waals surface area contributed by atoms with Crippen molar-refractivity contribution in [2.24, 2.45) is 7.05 Å². The number of piperazine rings is 1. The number of rotatable bonds is 4. The molecule has 0 radical (unpaired) electrons. The molecule has 0 unspecified atom stereocenters. The SMILES string of the molecule is C[C@H]1CCCCN1c1ccc(N2CCN(S(=O)(=O)c3nccn3C)CC2)nn1. The molecule has 2 aliphatic rings. The van der Waals surface area contributed by atoms with E-state index in [1.165, 1.54) is 34.3 Å². The normalized spacial score (nSPS) is 21.9. The predicted octanol–water partition coefficient (Wildman–Crippen LogP) is 1.10. The van der Waals surface area contributed by atoms with E-state index in [1.54, 1.807) is 13.2 Å². The molecule has 0 aromatic carbocycles. The molecule has 2 saturated heterocycles. The Labute approximate surface area is 166 Å². The Morgan fingerprint density at radius 2 is 1.71 bits per heavy atom. The van der Waals surface area contributed by atoms with Gasteiger partial charge < -0.3 is 14.4 Å². The Balaban J connectivity index is 1.41. The van der Waals surface area contributed by atoms with Gasteiger partial charge >= 0.3 is 0 Å². The molecular weight excluding hydrogens is 378 g/mol. The molecule has 9 nitrogen and oxygen atoms in total. The molecule has 152 valence electrons. The molecule has 4 rings (SSSR count). The van der Waals surface area contributed by atoms with E-state index in [4.69, 9.17) is 0 Å². The number of anilines is 2. The largest absolute Gasteiger partial charge is 0.352 e. The van der Waals surface area contributed by atoms with Crippen LogP contribution >= 0.6 is 0 Å². The standard InChI is InChI=1S/C18H27N7O2S/c1-15-5-3-4-9-25(15)17-7-6-16(20-21-17)23-11-13-24(14-12-23)28(26,27)18-19-8-10-22(18)2/h6-8,10,15H,3-5,9,11-14H2,1-2H3/t15-/m0/s1. The van der Waals surface area contributed by atoms with Crippen molar-refractivity contribution in [3.05, 3.63) is 24.5 Å². The molecule has 10 heteroatoms. The van der Waals surface area contributed by atoms with E-state index in [2.05, 4.69) is 31.9 Å². The van der Waals surface area contributed by atoms with E-state index in [1.807, 2.05) is 12.1 Å². The summed E-state index contributed by atoms with van der Waals surface area (Å²) in [5.41, 5.74) is 0. The number of piperidine rings is 1. The van der Waals surface area contributed by atoms with Crippen molar-refractivity contribution in [1.29, 1.82) is 0 Å². The van der Waals surface area contributed by atoms with Crippen molar-refractivity contribution in [2.75, 3.05) is 42.5 Å². The van der Waals surface area contributed by atoms with Gasteiger partial charge in [-0.1, -0.05) is 0 Å². The van der Waals surface area contributed by atoms with Crippen molar-refractivity contribution in [3.63, 3.8) is 0 Å². The van der Waals surface area contributed by atoms with Crippen LogP contribution in [-0.4, -0.2) is 71.2 Å². The highest BCUT2D eigenvalue weighted by molar-refractivity contribution is 7.89. The summed E-state index contributed by atoms with van der Waals surface area (Å²) in [5, 5.41) is 8.93. The van der Waals surface area contributed by atoms with Crippen molar-refractivity contribution in [2.45, 2.75) is 37.4 Å². The average Bonchev–Trinajstić information content (AvgIpc) is 3.15. The summed E-state index contributed by atoms with van der Waals surface area (Å²) in [4.78, 5) is 8.39. The van der Waals surface area contributed by atoms with Gasteiger partial charge in [0, 0.05) is 58.2 Å². The van der Waals surface area contributed by atoms with Crippen LogP contribution in [0.3, 0.4) is 0 Å². The predicted molar refractivity (Wildman–Crippen MR) is 107 cm³/mol. The number of hydrogen-bond acceptors (Lipinski definition) is 7. The Morgan fingerprint density at radius 1 is 1.00 bits per heavy atom. The summed E-state index contributed by atoms with van der Waals surface area (Å²) in [6.45, 7) is 5.23.